The van der Waals surface area contributed by atoms with Gasteiger partial charge in [-0.25, -0.2) is 13.1 Å². The van der Waals surface area contributed by atoms with E-state index in [0.717, 1.165) is 17.7 Å². The third-order valence-electron chi connectivity index (χ3n) is 6.35. The molecule has 182 valence electrons. The Balaban J connectivity index is 1.39. The van der Waals surface area contributed by atoms with Gasteiger partial charge in [-0.2, -0.15) is 4.31 Å². The van der Waals surface area contributed by atoms with E-state index in [-0.39, 0.29) is 22.8 Å². The maximum atomic E-state index is 13.2. The summed E-state index contributed by atoms with van der Waals surface area (Å²) in [6, 6.07) is 12.4. The summed E-state index contributed by atoms with van der Waals surface area (Å²) in [7, 11) is -3.68. The van der Waals surface area contributed by atoms with Crippen molar-refractivity contribution in [2.24, 2.45) is 5.92 Å². The summed E-state index contributed by atoms with van der Waals surface area (Å²) in [5.74, 6) is 0.417. The molecule has 0 radical (unpaired) electrons. The SMILES string of the molecule is CCOc1ccc(NC(=O)C2CCN(S(=O)(=O)c3ccc4c(c3)nnn4C(C)CC)CC2)cc1. The number of piperidine rings is 1. The van der Waals surface area contributed by atoms with Crippen LogP contribution in [0.25, 0.3) is 11.0 Å². The van der Waals surface area contributed by atoms with Crippen LogP contribution in [0.1, 0.15) is 46.1 Å². The molecule has 1 atom stereocenters. The van der Waals surface area contributed by atoms with Crippen LogP contribution < -0.4 is 10.1 Å². The first-order valence-corrected chi connectivity index (χ1v) is 13.2. The Morgan fingerprint density at radius 1 is 1.15 bits per heavy atom. The number of benzene rings is 2. The molecule has 10 heteroatoms. The van der Waals surface area contributed by atoms with Crippen LogP contribution in [-0.2, 0) is 14.8 Å². The van der Waals surface area contributed by atoms with Crippen molar-refractivity contribution in [3.05, 3.63) is 42.5 Å². The van der Waals surface area contributed by atoms with Crippen LogP contribution in [0.3, 0.4) is 0 Å². The van der Waals surface area contributed by atoms with Crippen molar-refractivity contribution >= 4 is 32.7 Å². The zero-order chi connectivity index (χ0) is 24.3. The van der Waals surface area contributed by atoms with E-state index in [0.29, 0.717) is 43.7 Å². The summed E-state index contributed by atoms with van der Waals surface area (Å²) < 4.78 is 35.2. The van der Waals surface area contributed by atoms with Crippen molar-refractivity contribution < 1.29 is 17.9 Å². The van der Waals surface area contributed by atoms with Gasteiger partial charge in [0.15, 0.2) is 0 Å². The van der Waals surface area contributed by atoms with E-state index in [4.69, 9.17) is 4.74 Å². The third kappa shape index (κ3) is 4.92. The molecule has 2 aromatic carbocycles. The maximum Gasteiger partial charge on any atom is 0.243 e. The van der Waals surface area contributed by atoms with Gasteiger partial charge in [0, 0.05) is 24.7 Å². The Bertz CT molecular complexity index is 1250. The van der Waals surface area contributed by atoms with Crippen molar-refractivity contribution in [2.75, 3.05) is 25.0 Å². The second-order valence-corrected chi connectivity index (χ2v) is 10.5. The lowest BCUT2D eigenvalue weighted by Crippen LogP contribution is -2.41. The largest absolute Gasteiger partial charge is 0.494 e. The summed E-state index contributed by atoms with van der Waals surface area (Å²) >= 11 is 0. The molecule has 0 aliphatic carbocycles. The third-order valence-corrected chi connectivity index (χ3v) is 8.24. The predicted molar refractivity (Wildman–Crippen MR) is 130 cm³/mol. The molecule has 0 bridgehead atoms. The van der Waals surface area contributed by atoms with Gasteiger partial charge >= 0.3 is 0 Å². The summed E-state index contributed by atoms with van der Waals surface area (Å²) in [5, 5.41) is 11.3. The molecule has 0 saturated carbocycles. The normalized spacial score (nSPS) is 16.4. The molecule has 9 nitrogen and oxygen atoms in total. The standard InChI is InChI=1S/C24H31N5O4S/c1-4-17(3)29-23-11-10-21(16-22(23)26-27-29)34(31,32)28-14-12-18(13-15-28)24(30)25-19-6-8-20(9-7-19)33-5-2/h6-11,16-18H,4-5,12-15H2,1-3H3,(H,25,30). The number of amides is 1. The minimum absolute atomic E-state index is 0.0933. The van der Waals surface area contributed by atoms with E-state index in [2.05, 4.69) is 29.5 Å². The Labute approximate surface area is 200 Å². The molecule has 1 unspecified atom stereocenters. The van der Waals surface area contributed by atoms with E-state index in [1.165, 1.54) is 4.31 Å². The highest BCUT2D eigenvalue weighted by Gasteiger charge is 2.32. The van der Waals surface area contributed by atoms with Gasteiger partial charge in [-0.3, -0.25) is 4.79 Å². The molecule has 1 aliphatic heterocycles. The van der Waals surface area contributed by atoms with Crippen molar-refractivity contribution in [2.45, 2.75) is 51.0 Å². The number of rotatable bonds is 8. The monoisotopic (exact) mass is 485 g/mol. The lowest BCUT2D eigenvalue weighted by atomic mass is 9.97. The summed E-state index contributed by atoms with van der Waals surface area (Å²) in [6.45, 7) is 7.20. The molecule has 1 aliphatic rings. The second-order valence-electron chi connectivity index (χ2n) is 8.57. The van der Waals surface area contributed by atoms with E-state index >= 15 is 0 Å². The molecule has 3 aromatic rings. The topological polar surface area (TPSA) is 106 Å². The first-order chi connectivity index (χ1) is 16.3. The van der Waals surface area contributed by atoms with Crippen molar-refractivity contribution in [1.29, 1.82) is 0 Å². The first-order valence-electron chi connectivity index (χ1n) is 11.7. The lowest BCUT2D eigenvalue weighted by molar-refractivity contribution is -0.120. The van der Waals surface area contributed by atoms with Gasteiger partial charge in [-0.05, 0) is 75.6 Å². The Kier molecular flexibility index (Phi) is 7.18. The van der Waals surface area contributed by atoms with Gasteiger partial charge < -0.3 is 10.1 Å². The van der Waals surface area contributed by atoms with Crippen molar-refractivity contribution in [1.82, 2.24) is 19.3 Å². The number of hydrogen-bond donors (Lipinski definition) is 1. The smallest absolute Gasteiger partial charge is 0.243 e. The molecule has 0 spiro atoms. The lowest BCUT2D eigenvalue weighted by Gasteiger charge is -2.30. The summed E-state index contributed by atoms with van der Waals surface area (Å²) in [4.78, 5) is 12.9. The molecule has 2 heterocycles. The van der Waals surface area contributed by atoms with Gasteiger partial charge in [0.25, 0.3) is 0 Å². The number of sulfonamides is 1. The predicted octanol–water partition coefficient (Wildman–Crippen LogP) is 3.84. The molecule has 1 saturated heterocycles. The van der Waals surface area contributed by atoms with Gasteiger partial charge in [0.1, 0.15) is 11.3 Å². The fourth-order valence-corrected chi connectivity index (χ4v) is 5.62. The van der Waals surface area contributed by atoms with E-state index in [1.807, 2.05) is 23.7 Å². The number of aromatic nitrogens is 3. The zero-order valence-corrected chi connectivity index (χ0v) is 20.6. The molecule has 34 heavy (non-hydrogen) atoms. The number of carbonyl (C=O) groups is 1. The summed E-state index contributed by atoms with van der Waals surface area (Å²) in [6.07, 6.45) is 1.84. The number of carbonyl (C=O) groups excluding carboxylic acids is 1. The second kappa shape index (κ2) is 10.1. The van der Waals surface area contributed by atoms with Crippen LogP contribution in [0.2, 0.25) is 0 Å². The summed E-state index contributed by atoms with van der Waals surface area (Å²) in [5.41, 5.74) is 2.08. The fraction of sp³-hybridized carbons (Fsp3) is 0.458. The zero-order valence-electron chi connectivity index (χ0n) is 19.8. The minimum Gasteiger partial charge on any atom is -0.494 e. The first kappa shape index (κ1) is 24.2. The van der Waals surface area contributed by atoms with Crippen LogP contribution in [0.4, 0.5) is 5.69 Å². The van der Waals surface area contributed by atoms with E-state index in [1.54, 1.807) is 30.3 Å². The van der Waals surface area contributed by atoms with Crippen LogP contribution >= 0.6 is 0 Å². The molecule has 1 N–H and O–H groups in total. The number of nitrogens with one attached hydrogen (secondary N) is 1. The van der Waals surface area contributed by atoms with Crippen LogP contribution in [0, 0.1) is 5.92 Å². The number of nitrogens with zero attached hydrogens (tertiary/aromatic N) is 4. The molecule has 4 rings (SSSR count). The highest BCUT2D eigenvalue weighted by molar-refractivity contribution is 7.89. The molecule has 1 aromatic heterocycles. The average Bonchev–Trinajstić information content (AvgIpc) is 3.28. The van der Waals surface area contributed by atoms with E-state index < -0.39 is 10.0 Å². The van der Waals surface area contributed by atoms with Gasteiger partial charge in [0.2, 0.25) is 15.9 Å². The fourth-order valence-electron chi connectivity index (χ4n) is 4.13. The minimum atomic E-state index is -3.68. The average molecular weight is 486 g/mol. The maximum absolute atomic E-state index is 13.2. The van der Waals surface area contributed by atoms with Crippen LogP contribution in [0.15, 0.2) is 47.4 Å². The number of hydrogen-bond acceptors (Lipinski definition) is 6. The quantitative estimate of drug-likeness (QED) is 0.520. The van der Waals surface area contributed by atoms with Crippen LogP contribution in [-0.4, -0.2) is 53.3 Å². The molecular formula is C24H31N5O4S. The Morgan fingerprint density at radius 3 is 2.50 bits per heavy atom. The number of fused-ring (bicyclic) bond motifs is 1. The highest BCUT2D eigenvalue weighted by Crippen LogP contribution is 2.27. The molecule has 1 amide bonds. The van der Waals surface area contributed by atoms with Crippen molar-refractivity contribution in [3.63, 3.8) is 0 Å². The van der Waals surface area contributed by atoms with Crippen LogP contribution in [0.5, 0.6) is 5.75 Å². The van der Waals surface area contributed by atoms with Crippen molar-refractivity contribution in [3.8, 4) is 5.75 Å². The molecular weight excluding hydrogens is 454 g/mol. The van der Waals surface area contributed by atoms with Gasteiger partial charge in [-0.15, -0.1) is 5.10 Å². The Hall–Kier alpha value is -2.98. The highest BCUT2D eigenvalue weighted by atomic mass is 32.2. The van der Waals surface area contributed by atoms with Gasteiger partial charge in [0.05, 0.1) is 23.1 Å². The Morgan fingerprint density at radius 2 is 1.85 bits per heavy atom. The van der Waals surface area contributed by atoms with E-state index in [9.17, 15) is 13.2 Å². The number of anilines is 1. The number of ether oxygens (including phenoxy) is 1. The van der Waals surface area contributed by atoms with Gasteiger partial charge in [-0.1, -0.05) is 12.1 Å². The molecule has 1 fully saturated rings.